The summed E-state index contributed by atoms with van der Waals surface area (Å²) in [5.74, 6) is 0.175. The largest absolute Gasteiger partial charge is 0.467 e. The van der Waals surface area contributed by atoms with Gasteiger partial charge in [0.2, 0.25) is 5.91 Å². The number of aryl methyl sites for hydroxylation is 3. The van der Waals surface area contributed by atoms with Gasteiger partial charge in [0.15, 0.2) is 10.8 Å². The Balaban J connectivity index is 1.73. The maximum absolute atomic E-state index is 13.3. The summed E-state index contributed by atoms with van der Waals surface area (Å²) >= 11 is 5.36. The van der Waals surface area contributed by atoms with Gasteiger partial charge in [-0.1, -0.05) is 35.4 Å². The number of thiocarbonyl (C=S) groups is 1. The second kappa shape index (κ2) is 6.23. The number of nitrogens with one attached hydrogen (secondary N) is 3. The summed E-state index contributed by atoms with van der Waals surface area (Å²) in [6.45, 7) is 7.93. The highest BCUT2D eigenvalue weighted by atomic mass is 32.1. The SMILES string of the molecule is Cc1ccc(NC(=O)[C@@H]2[C@H]3NC(=S)N[C@@]2(C)Oc2ccc(C)cc23)c(C)c1. The van der Waals surface area contributed by atoms with Gasteiger partial charge in [0, 0.05) is 11.3 Å². The third-order valence-electron chi connectivity index (χ3n) is 5.32. The molecule has 27 heavy (non-hydrogen) atoms. The first-order chi connectivity index (χ1) is 12.8. The molecule has 1 amide bonds. The number of amides is 1. The molecule has 2 aromatic rings. The van der Waals surface area contributed by atoms with Gasteiger partial charge in [0.05, 0.1) is 6.04 Å². The Bertz CT molecular complexity index is 958. The second-order valence-corrected chi connectivity index (χ2v) is 8.02. The summed E-state index contributed by atoms with van der Waals surface area (Å²) in [6, 6.07) is 11.7. The van der Waals surface area contributed by atoms with Crippen molar-refractivity contribution in [2.45, 2.75) is 39.5 Å². The van der Waals surface area contributed by atoms with Crippen LogP contribution in [-0.4, -0.2) is 16.7 Å². The Labute approximate surface area is 164 Å². The van der Waals surface area contributed by atoms with Crippen molar-refractivity contribution >= 4 is 28.9 Å². The average molecular weight is 382 g/mol. The van der Waals surface area contributed by atoms with E-state index in [1.54, 1.807) is 0 Å². The zero-order valence-corrected chi connectivity index (χ0v) is 16.7. The molecular formula is C21H23N3O2S. The van der Waals surface area contributed by atoms with Crippen molar-refractivity contribution in [3.05, 3.63) is 58.7 Å². The molecule has 3 atom stereocenters. The minimum Gasteiger partial charge on any atom is -0.467 e. The number of rotatable bonds is 2. The predicted octanol–water partition coefficient (Wildman–Crippen LogP) is 3.49. The second-order valence-electron chi connectivity index (χ2n) is 7.61. The van der Waals surface area contributed by atoms with E-state index in [0.29, 0.717) is 5.11 Å². The fourth-order valence-corrected chi connectivity index (χ4v) is 4.36. The first kappa shape index (κ1) is 17.8. The van der Waals surface area contributed by atoms with E-state index in [0.717, 1.165) is 33.7 Å². The van der Waals surface area contributed by atoms with Gasteiger partial charge in [0.1, 0.15) is 11.7 Å². The van der Waals surface area contributed by atoms with Crippen LogP contribution >= 0.6 is 12.2 Å². The summed E-state index contributed by atoms with van der Waals surface area (Å²) in [5.41, 5.74) is 4.15. The molecule has 0 spiro atoms. The number of hydrogen-bond donors (Lipinski definition) is 3. The van der Waals surface area contributed by atoms with Crippen molar-refractivity contribution in [3.63, 3.8) is 0 Å². The van der Waals surface area contributed by atoms with Crippen molar-refractivity contribution in [2.24, 2.45) is 5.92 Å². The molecule has 4 rings (SSSR count). The van der Waals surface area contributed by atoms with E-state index in [1.165, 1.54) is 0 Å². The lowest BCUT2D eigenvalue weighted by Crippen LogP contribution is -2.70. The Morgan fingerprint density at radius 2 is 1.85 bits per heavy atom. The number of fused-ring (bicyclic) bond motifs is 4. The number of carbonyl (C=O) groups excluding carboxylic acids is 1. The number of carbonyl (C=O) groups is 1. The highest BCUT2D eigenvalue weighted by molar-refractivity contribution is 7.80. The van der Waals surface area contributed by atoms with Gasteiger partial charge in [-0.25, -0.2) is 0 Å². The van der Waals surface area contributed by atoms with Crippen LogP contribution in [0, 0.1) is 26.7 Å². The molecule has 2 aliphatic heterocycles. The first-order valence-electron chi connectivity index (χ1n) is 9.03. The molecular weight excluding hydrogens is 358 g/mol. The third-order valence-corrected chi connectivity index (χ3v) is 5.54. The van der Waals surface area contributed by atoms with Crippen molar-refractivity contribution in [1.82, 2.24) is 10.6 Å². The third kappa shape index (κ3) is 3.04. The van der Waals surface area contributed by atoms with Crippen LogP contribution in [0.5, 0.6) is 5.75 Å². The zero-order chi connectivity index (χ0) is 19.3. The molecule has 2 aliphatic rings. The monoisotopic (exact) mass is 381 g/mol. The van der Waals surface area contributed by atoms with Gasteiger partial charge in [-0.15, -0.1) is 0 Å². The molecule has 2 bridgehead atoms. The standard InChI is InChI=1S/C21H23N3O2S/c1-11-5-7-15(13(3)9-11)22-19(25)17-18-14-10-12(2)6-8-16(14)26-21(17,4)24-20(27)23-18/h5-10,17-18H,1-4H3,(H,22,25)(H2,23,24,27)/t17-,18-,21-/m0/s1. The molecule has 6 heteroatoms. The van der Waals surface area contributed by atoms with E-state index in [-0.39, 0.29) is 11.9 Å². The van der Waals surface area contributed by atoms with E-state index < -0.39 is 11.6 Å². The van der Waals surface area contributed by atoms with Crippen molar-refractivity contribution in [2.75, 3.05) is 5.32 Å². The summed E-state index contributed by atoms with van der Waals surface area (Å²) < 4.78 is 6.24. The molecule has 2 heterocycles. The minimum atomic E-state index is -0.919. The Morgan fingerprint density at radius 1 is 1.15 bits per heavy atom. The van der Waals surface area contributed by atoms with Crippen molar-refractivity contribution < 1.29 is 9.53 Å². The lowest BCUT2D eigenvalue weighted by molar-refractivity contribution is -0.132. The minimum absolute atomic E-state index is 0.107. The molecule has 140 valence electrons. The fourth-order valence-electron chi connectivity index (χ4n) is 4.03. The van der Waals surface area contributed by atoms with Crippen molar-refractivity contribution in [3.8, 4) is 5.75 Å². The summed E-state index contributed by atoms with van der Waals surface area (Å²) in [5, 5.41) is 10.0. The maximum atomic E-state index is 13.3. The molecule has 1 fully saturated rings. The molecule has 1 saturated heterocycles. The molecule has 5 nitrogen and oxygen atoms in total. The van der Waals surface area contributed by atoms with Gasteiger partial charge in [-0.2, -0.15) is 0 Å². The summed E-state index contributed by atoms with van der Waals surface area (Å²) in [4.78, 5) is 13.3. The van der Waals surface area contributed by atoms with Gasteiger partial charge in [-0.05, 0) is 57.6 Å². The van der Waals surface area contributed by atoms with E-state index in [1.807, 2.05) is 52.0 Å². The Morgan fingerprint density at radius 3 is 2.59 bits per heavy atom. The highest BCUT2D eigenvalue weighted by Crippen LogP contribution is 2.45. The molecule has 0 radical (unpaired) electrons. The maximum Gasteiger partial charge on any atom is 0.236 e. The molecule has 0 aromatic heterocycles. The first-order valence-corrected chi connectivity index (χ1v) is 9.44. The molecule has 0 aliphatic carbocycles. The van der Waals surface area contributed by atoms with E-state index in [4.69, 9.17) is 17.0 Å². The predicted molar refractivity (Wildman–Crippen MR) is 110 cm³/mol. The van der Waals surface area contributed by atoms with Gasteiger partial charge in [-0.3, -0.25) is 4.79 Å². The molecule has 0 unspecified atom stereocenters. The lowest BCUT2D eigenvalue weighted by atomic mass is 9.79. The Kier molecular flexibility index (Phi) is 4.11. The van der Waals surface area contributed by atoms with Crippen LogP contribution in [0.15, 0.2) is 36.4 Å². The average Bonchev–Trinajstić information content (AvgIpc) is 2.57. The van der Waals surface area contributed by atoms with Crippen LogP contribution < -0.4 is 20.7 Å². The van der Waals surface area contributed by atoms with Crippen LogP contribution in [0.25, 0.3) is 0 Å². The van der Waals surface area contributed by atoms with Gasteiger partial charge in [0.25, 0.3) is 0 Å². The topological polar surface area (TPSA) is 62.4 Å². The van der Waals surface area contributed by atoms with Gasteiger partial charge < -0.3 is 20.7 Å². The fraction of sp³-hybridized carbons (Fsp3) is 0.333. The smallest absolute Gasteiger partial charge is 0.236 e. The number of anilines is 1. The molecule has 0 saturated carbocycles. The molecule has 2 aromatic carbocycles. The number of ether oxygens (including phenoxy) is 1. The van der Waals surface area contributed by atoms with Gasteiger partial charge >= 0.3 is 0 Å². The van der Waals surface area contributed by atoms with E-state index in [9.17, 15) is 4.79 Å². The Hall–Kier alpha value is -2.60. The number of hydrogen-bond acceptors (Lipinski definition) is 3. The van der Waals surface area contributed by atoms with Crippen LogP contribution in [0.2, 0.25) is 0 Å². The quantitative estimate of drug-likeness (QED) is 0.695. The number of benzene rings is 2. The normalized spacial score (nSPS) is 25.6. The lowest BCUT2D eigenvalue weighted by Gasteiger charge is -2.50. The van der Waals surface area contributed by atoms with Crippen LogP contribution in [0.4, 0.5) is 5.69 Å². The van der Waals surface area contributed by atoms with Crippen LogP contribution in [0.1, 0.15) is 35.2 Å². The van der Waals surface area contributed by atoms with E-state index >= 15 is 0 Å². The highest BCUT2D eigenvalue weighted by Gasteiger charge is 2.54. The zero-order valence-electron chi connectivity index (χ0n) is 15.8. The molecule has 3 N–H and O–H groups in total. The van der Waals surface area contributed by atoms with E-state index in [2.05, 4.69) is 28.1 Å². The summed E-state index contributed by atoms with van der Waals surface area (Å²) in [7, 11) is 0. The van der Waals surface area contributed by atoms with Crippen molar-refractivity contribution in [1.29, 1.82) is 0 Å². The van der Waals surface area contributed by atoms with Crippen LogP contribution in [-0.2, 0) is 4.79 Å². The summed E-state index contributed by atoms with van der Waals surface area (Å²) in [6.07, 6.45) is 0. The van der Waals surface area contributed by atoms with Crippen LogP contribution in [0.3, 0.4) is 0 Å².